The molecule has 0 saturated carbocycles. The van der Waals surface area contributed by atoms with Crippen LogP contribution in [0.25, 0.3) is 0 Å². The van der Waals surface area contributed by atoms with Crippen molar-refractivity contribution in [3.8, 4) is 5.75 Å². The minimum atomic E-state index is -4.72. The molecule has 126 valence electrons. The number of hydrogen-bond donors (Lipinski definition) is 2. The van der Waals surface area contributed by atoms with Crippen molar-refractivity contribution in [3.05, 3.63) is 24.3 Å². The lowest BCUT2D eigenvalue weighted by Crippen LogP contribution is -2.35. The number of anilines is 1. The Hall–Kier alpha value is -1.96. The van der Waals surface area contributed by atoms with Gasteiger partial charge >= 0.3 is 12.4 Å². The van der Waals surface area contributed by atoms with Crippen molar-refractivity contribution in [3.63, 3.8) is 0 Å². The summed E-state index contributed by atoms with van der Waals surface area (Å²) < 4.78 is 40.1. The summed E-state index contributed by atoms with van der Waals surface area (Å²) in [6.45, 7) is 3.35. The average Bonchev–Trinajstić information content (AvgIpc) is 2.92. The zero-order valence-electron chi connectivity index (χ0n) is 12.4. The number of urea groups is 1. The van der Waals surface area contributed by atoms with E-state index in [1.807, 2.05) is 0 Å². The van der Waals surface area contributed by atoms with Gasteiger partial charge in [-0.15, -0.1) is 13.2 Å². The molecule has 0 radical (unpaired) electrons. The van der Waals surface area contributed by atoms with Gasteiger partial charge in [-0.1, -0.05) is 0 Å². The SMILES string of the molecule is O=C(Nc1ccc(OC(F)(F)F)cc1)N1CC2CCNCC2C1. The van der Waals surface area contributed by atoms with Gasteiger partial charge in [0.25, 0.3) is 0 Å². The fraction of sp³-hybridized carbons (Fsp3) is 0.533. The van der Waals surface area contributed by atoms with Crippen molar-refractivity contribution in [1.82, 2.24) is 10.2 Å². The molecule has 2 fully saturated rings. The van der Waals surface area contributed by atoms with Gasteiger partial charge in [0.2, 0.25) is 0 Å². The summed E-state index contributed by atoms with van der Waals surface area (Å²) in [7, 11) is 0. The lowest BCUT2D eigenvalue weighted by Gasteiger charge is -2.23. The molecule has 1 aromatic rings. The molecule has 23 heavy (non-hydrogen) atoms. The molecule has 1 aromatic carbocycles. The van der Waals surface area contributed by atoms with Crippen molar-refractivity contribution in [2.75, 3.05) is 31.5 Å². The first-order chi connectivity index (χ1) is 10.9. The van der Waals surface area contributed by atoms with Gasteiger partial charge in [0.05, 0.1) is 0 Å². The number of nitrogens with one attached hydrogen (secondary N) is 2. The highest BCUT2D eigenvalue weighted by Gasteiger charge is 2.36. The zero-order chi connectivity index (χ0) is 16.4. The molecular weight excluding hydrogens is 311 g/mol. The number of amides is 2. The third-order valence-electron chi connectivity index (χ3n) is 4.30. The van der Waals surface area contributed by atoms with Gasteiger partial charge < -0.3 is 20.3 Å². The van der Waals surface area contributed by atoms with E-state index in [0.717, 1.165) is 26.1 Å². The van der Waals surface area contributed by atoms with Gasteiger partial charge in [-0.05, 0) is 55.6 Å². The molecule has 2 aliphatic rings. The maximum atomic E-state index is 12.3. The van der Waals surface area contributed by atoms with Crippen molar-refractivity contribution in [1.29, 1.82) is 0 Å². The van der Waals surface area contributed by atoms with Crippen LogP contribution in [0.4, 0.5) is 23.7 Å². The smallest absolute Gasteiger partial charge is 0.406 e. The Kier molecular flexibility index (Phi) is 4.34. The van der Waals surface area contributed by atoms with E-state index in [1.165, 1.54) is 24.3 Å². The summed E-state index contributed by atoms with van der Waals surface area (Å²) in [6.07, 6.45) is -3.65. The van der Waals surface area contributed by atoms with Crippen LogP contribution < -0.4 is 15.4 Å². The summed E-state index contributed by atoms with van der Waals surface area (Å²) in [4.78, 5) is 14.0. The largest absolute Gasteiger partial charge is 0.573 e. The van der Waals surface area contributed by atoms with Crippen LogP contribution >= 0.6 is 0 Å². The summed E-state index contributed by atoms with van der Waals surface area (Å²) in [5, 5.41) is 6.04. The Bertz CT molecular complexity index is 548. The van der Waals surface area contributed by atoms with Crippen LogP contribution in [-0.4, -0.2) is 43.5 Å². The predicted molar refractivity (Wildman–Crippen MR) is 78.2 cm³/mol. The van der Waals surface area contributed by atoms with E-state index in [9.17, 15) is 18.0 Å². The number of likely N-dealkylation sites (tertiary alicyclic amines) is 1. The molecule has 0 bridgehead atoms. The highest BCUT2D eigenvalue weighted by molar-refractivity contribution is 5.89. The molecule has 2 N–H and O–H groups in total. The minimum absolute atomic E-state index is 0.219. The van der Waals surface area contributed by atoms with E-state index in [4.69, 9.17) is 0 Å². The first-order valence-corrected chi connectivity index (χ1v) is 7.53. The standard InChI is InChI=1S/C15H18F3N3O2/c16-15(17,18)23-13-3-1-12(2-4-13)20-14(22)21-8-10-5-6-19-7-11(10)9-21/h1-4,10-11,19H,5-9H2,(H,20,22). The zero-order valence-corrected chi connectivity index (χ0v) is 12.4. The maximum absolute atomic E-state index is 12.3. The lowest BCUT2D eigenvalue weighted by atomic mass is 9.90. The van der Waals surface area contributed by atoms with Crippen molar-refractivity contribution < 1.29 is 22.7 Å². The van der Waals surface area contributed by atoms with Crippen LogP contribution in [0.3, 0.4) is 0 Å². The Morgan fingerprint density at radius 1 is 1.22 bits per heavy atom. The highest BCUT2D eigenvalue weighted by Crippen LogP contribution is 2.29. The van der Waals surface area contributed by atoms with Crippen LogP contribution in [0.15, 0.2) is 24.3 Å². The molecule has 5 nitrogen and oxygen atoms in total. The number of fused-ring (bicyclic) bond motifs is 1. The number of carbonyl (C=O) groups is 1. The minimum Gasteiger partial charge on any atom is -0.406 e. The van der Waals surface area contributed by atoms with Crippen LogP contribution in [-0.2, 0) is 0 Å². The molecule has 2 atom stereocenters. The Morgan fingerprint density at radius 3 is 2.57 bits per heavy atom. The van der Waals surface area contributed by atoms with Crippen LogP contribution in [0.2, 0.25) is 0 Å². The first kappa shape index (κ1) is 15.9. The maximum Gasteiger partial charge on any atom is 0.573 e. The Morgan fingerprint density at radius 2 is 1.91 bits per heavy atom. The second kappa shape index (κ2) is 6.27. The van der Waals surface area contributed by atoms with Crippen molar-refractivity contribution in [2.24, 2.45) is 11.8 Å². The molecule has 2 aliphatic heterocycles. The Labute approximate surface area is 131 Å². The van der Waals surface area contributed by atoms with E-state index >= 15 is 0 Å². The average molecular weight is 329 g/mol. The quantitative estimate of drug-likeness (QED) is 0.877. The molecule has 0 spiro atoms. The van der Waals surface area contributed by atoms with E-state index in [1.54, 1.807) is 4.90 Å². The number of nitrogens with zero attached hydrogens (tertiary/aromatic N) is 1. The topological polar surface area (TPSA) is 53.6 Å². The van der Waals surface area contributed by atoms with E-state index in [0.29, 0.717) is 24.1 Å². The van der Waals surface area contributed by atoms with Gasteiger partial charge in [-0.2, -0.15) is 0 Å². The normalized spacial score (nSPS) is 24.2. The van der Waals surface area contributed by atoms with Gasteiger partial charge in [0.1, 0.15) is 5.75 Å². The third-order valence-corrected chi connectivity index (χ3v) is 4.30. The summed E-state index contributed by atoms with van der Waals surface area (Å²) >= 11 is 0. The van der Waals surface area contributed by atoms with Crippen LogP contribution in [0.5, 0.6) is 5.75 Å². The molecule has 8 heteroatoms. The van der Waals surface area contributed by atoms with Crippen molar-refractivity contribution in [2.45, 2.75) is 12.8 Å². The molecule has 2 heterocycles. The number of alkyl halides is 3. The molecule has 3 rings (SSSR count). The Balaban J connectivity index is 1.56. The number of ether oxygens (including phenoxy) is 1. The summed E-state index contributed by atoms with van der Waals surface area (Å²) in [5.41, 5.74) is 0.442. The van der Waals surface area contributed by atoms with Gasteiger partial charge in [0, 0.05) is 18.8 Å². The fourth-order valence-electron chi connectivity index (χ4n) is 3.18. The monoisotopic (exact) mass is 329 g/mol. The summed E-state index contributed by atoms with van der Waals surface area (Å²) in [6, 6.07) is 4.92. The summed E-state index contributed by atoms with van der Waals surface area (Å²) in [5.74, 6) is 0.704. The highest BCUT2D eigenvalue weighted by atomic mass is 19.4. The lowest BCUT2D eigenvalue weighted by molar-refractivity contribution is -0.274. The van der Waals surface area contributed by atoms with E-state index < -0.39 is 6.36 Å². The van der Waals surface area contributed by atoms with Gasteiger partial charge in [-0.25, -0.2) is 4.79 Å². The number of carbonyl (C=O) groups excluding carboxylic acids is 1. The van der Waals surface area contributed by atoms with Gasteiger partial charge in [-0.3, -0.25) is 0 Å². The fourth-order valence-corrected chi connectivity index (χ4v) is 3.18. The molecule has 2 saturated heterocycles. The first-order valence-electron chi connectivity index (χ1n) is 7.53. The molecular formula is C15H18F3N3O2. The number of piperidine rings is 1. The van der Waals surface area contributed by atoms with Crippen LogP contribution in [0, 0.1) is 11.8 Å². The number of benzene rings is 1. The number of halogens is 3. The molecule has 2 amide bonds. The second-order valence-corrected chi connectivity index (χ2v) is 5.92. The molecule has 0 aliphatic carbocycles. The number of rotatable bonds is 2. The van der Waals surface area contributed by atoms with E-state index in [-0.39, 0.29) is 11.8 Å². The van der Waals surface area contributed by atoms with E-state index in [2.05, 4.69) is 15.4 Å². The molecule has 0 aromatic heterocycles. The van der Waals surface area contributed by atoms with Crippen LogP contribution in [0.1, 0.15) is 6.42 Å². The van der Waals surface area contributed by atoms with Gasteiger partial charge in [0.15, 0.2) is 0 Å². The molecule has 2 unspecified atom stereocenters. The number of hydrogen-bond acceptors (Lipinski definition) is 3. The predicted octanol–water partition coefficient (Wildman–Crippen LogP) is 2.66. The second-order valence-electron chi connectivity index (χ2n) is 5.92. The third kappa shape index (κ3) is 4.07. The van der Waals surface area contributed by atoms with Crippen molar-refractivity contribution >= 4 is 11.7 Å².